The Kier molecular flexibility index (Phi) is 11.7. The van der Waals surface area contributed by atoms with Gasteiger partial charge in [0.2, 0.25) is 11.8 Å². The molecule has 11 heteroatoms. The van der Waals surface area contributed by atoms with Gasteiger partial charge in [-0.3, -0.25) is 13.9 Å². The van der Waals surface area contributed by atoms with Crippen LogP contribution >= 0.6 is 11.6 Å². The predicted octanol–water partition coefficient (Wildman–Crippen LogP) is 6.77. The summed E-state index contributed by atoms with van der Waals surface area (Å²) in [5.41, 5.74) is 1.65. The molecule has 1 N–H and O–H groups in total. The molecule has 4 aromatic carbocycles. The molecule has 1 aliphatic carbocycles. The highest BCUT2D eigenvalue weighted by molar-refractivity contribution is 7.92. The largest absolute Gasteiger partial charge is 0.494 e. The zero-order chi connectivity index (χ0) is 34.1. The fourth-order valence-corrected chi connectivity index (χ4v) is 7.39. The average molecular weight is 692 g/mol. The fourth-order valence-electron chi connectivity index (χ4n) is 5.85. The highest BCUT2D eigenvalue weighted by atomic mass is 35.5. The van der Waals surface area contributed by atoms with Gasteiger partial charge in [-0.1, -0.05) is 66.9 Å². The normalized spacial score (nSPS) is 13.9. The van der Waals surface area contributed by atoms with Crippen LogP contribution in [0.1, 0.15) is 43.7 Å². The molecule has 2 amide bonds. The lowest BCUT2D eigenvalue weighted by molar-refractivity contribution is -0.140. The van der Waals surface area contributed by atoms with Crippen LogP contribution in [0.4, 0.5) is 10.1 Å². The first kappa shape index (κ1) is 34.9. The van der Waals surface area contributed by atoms with E-state index in [2.05, 4.69) is 5.32 Å². The Balaban J connectivity index is 1.55. The third kappa shape index (κ3) is 8.93. The van der Waals surface area contributed by atoms with E-state index in [1.54, 1.807) is 24.3 Å². The highest BCUT2D eigenvalue weighted by Gasteiger charge is 2.35. The third-order valence-corrected chi connectivity index (χ3v) is 10.4. The molecule has 0 aromatic heterocycles. The van der Waals surface area contributed by atoms with Crippen molar-refractivity contribution >= 4 is 39.1 Å². The summed E-state index contributed by atoms with van der Waals surface area (Å²) in [4.78, 5) is 30.0. The minimum absolute atomic E-state index is 0.000918. The number of halogens is 2. The topological polar surface area (TPSA) is 96.0 Å². The van der Waals surface area contributed by atoms with Crippen molar-refractivity contribution in [3.05, 3.63) is 125 Å². The predicted molar refractivity (Wildman–Crippen MR) is 185 cm³/mol. The Morgan fingerprint density at radius 3 is 2.17 bits per heavy atom. The van der Waals surface area contributed by atoms with Gasteiger partial charge >= 0.3 is 0 Å². The zero-order valence-electron chi connectivity index (χ0n) is 26.7. The van der Waals surface area contributed by atoms with Crippen LogP contribution in [-0.2, 0) is 32.6 Å². The molecule has 1 aliphatic rings. The quantitative estimate of drug-likeness (QED) is 0.158. The number of amides is 2. The number of carbonyl (C=O) groups excluding carboxylic acids is 2. The van der Waals surface area contributed by atoms with Crippen LogP contribution < -0.4 is 14.4 Å². The Hall–Kier alpha value is -4.41. The molecule has 8 nitrogen and oxygen atoms in total. The molecule has 0 saturated heterocycles. The van der Waals surface area contributed by atoms with E-state index in [0.717, 1.165) is 47.7 Å². The molecule has 0 aliphatic heterocycles. The lowest BCUT2D eigenvalue weighted by Gasteiger charge is -2.34. The molecule has 0 spiro atoms. The maximum absolute atomic E-state index is 14.6. The summed E-state index contributed by atoms with van der Waals surface area (Å²) in [5.74, 6) is -0.978. The number of carbonyl (C=O) groups is 2. The standard InChI is InChI=1S/C37H39ClFN3O5S/c1-2-47-33-20-22-34(23-21-33)48(45,46)42(32-18-16-30(39)17-19-32)26-36(43)41(25-28-12-14-29(38)15-13-28)35(24-27-8-4-3-5-9-27)37(44)40-31-10-6-7-11-31/h3-5,8-9,12-23,31,35H,2,6-7,10-11,24-26H2,1H3,(H,40,44). The van der Waals surface area contributed by atoms with E-state index in [-0.39, 0.29) is 35.5 Å². The maximum Gasteiger partial charge on any atom is 0.264 e. The molecule has 5 rings (SSSR count). The van der Waals surface area contributed by atoms with Gasteiger partial charge < -0.3 is 15.0 Å². The second-order valence-electron chi connectivity index (χ2n) is 11.7. The van der Waals surface area contributed by atoms with Gasteiger partial charge in [-0.05, 0) is 91.6 Å². The van der Waals surface area contributed by atoms with Crippen molar-refractivity contribution in [3.63, 3.8) is 0 Å². The SMILES string of the molecule is CCOc1ccc(S(=O)(=O)N(CC(=O)N(Cc2ccc(Cl)cc2)C(Cc2ccccc2)C(=O)NC2CCCC2)c2ccc(F)cc2)cc1. The number of benzene rings is 4. The van der Waals surface area contributed by atoms with Crippen LogP contribution in [0.15, 0.2) is 108 Å². The molecule has 0 radical (unpaired) electrons. The maximum atomic E-state index is 14.6. The van der Waals surface area contributed by atoms with E-state index in [1.165, 1.54) is 41.3 Å². The summed E-state index contributed by atoms with van der Waals surface area (Å²) in [6.07, 6.45) is 3.94. The van der Waals surface area contributed by atoms with Gasteiger partial charge in [-0.2, -0.15) is 0 Å². The van der Waals surface area contributed by atoms with E-state index < -0.39 is 34.3 Å². The van der Waals surface area contributed by atoms with Gasteiger partial charge in [0.15, 0.2) is 0 Å². The Bertz CT molecular complexity index is 1770. The Morgan fingerprint density at radius 2 is 1.54 bits per heavy atom. The van der Waals surface area contributed by atoms with Crippen LogP contribution in [-0.4, -0.2) is 50.4 Å². The third-order valence-electron chi connectivity index (χ3n) is 8.36. The summed E-state index contributed by atoms with van der Waals surface area (Å²) in [5, 5.41) is 3.67. The van der Waals surface area contributed by atoms with Crippen LogP contribution in [0, 0.1) is 5.82 Å². The zero-order valence-corrected chi connectivity index (χ0v) is 28.3. The van der Waals surface area contributed by atoms with Crippen LogP contribution in [0.2, 0.25) is 5.02 Å². The molecule has 0 heterocycles. The molecular weight excluding hydrogens is 653 g/mol. The first-order valence-corrected chi connectivity index (χ1v) is 17.8. The molecule has 1 fully saturated rings. The first-order chi connectivity index (χ1) is 23.1. The first-order valence-electron chi connectivity index (χ1n) is 16.0. The van der Waals surface area contributed by atoms with Gasteiger partial charge in [0.05, 0.1) is 17.2 Å². The molecule has 1 atom stereocenters. The number of hydrogen-bond acceptors (Lipinski definition) is 5. The summed E-state index contributed by atoms with van der Waals surface area (Å²) < 4.78 is 48.8. The number of ether oxygens (including phenoxy) is 1. The Labute approximate surface area is 286 Å². The summed E-state index contributed by atoms with van der Waals surface area (Å²) in [6, 6.07) is 26.2. The molecule has 4 aromatic rings. The lowest BCUT2D eigenvalue weighted by atomic mass is 10.0. The van der Waals surface area contributed by atoms with Crippen molar-refractivity contribution in [3.8, 4) is 5.75 Å². The van der Waals surface area contributed by atoms with Crippen LogP contribution in [0.25, 0.3) is 0 Å². The number of nitrogens with zero attached hydrogens (tertiary/aromatic N) is 2. The monoisotopic (exact) mass is 691 g/mol. The van der Waals surface area contributed by atoms with E-state index in [4.69, 9.17) is 16.3 Å². The number of rotatable bonds is 14. The number of anilines is 1. The molecule has 1 saturated carbocycles. The van der Waals surface area contributed by atoms with Crippen molar-refractivity contribution in [2.45, 2.75) is 62.6 Å². The number of hydrogen-bond donors (Lipinski definition) is 1. The van der Waals surface area contributed by atoms with Gasteiger partial charge in [0, 0.05) is 24.0 Å². The summed E-state index contributed by atoms with van der Waals surface area (Å²) >= 11 is 6.16. The van der Waals surface area contributed by atoms with E-state index in [0.29, 0.717) is 22.9 Å². The van der Waals surface area contributed by atoms with Crippen molar-refractivity contribution in [1.82, 2.24) is 10.2 Å². The van der Waals surface area contributed by atoms with Gasteiger partial charge in [-0.15, -0.1) is 0 Å². The Morgan fingerprint density at radius 1 is 0.896 bits per heavy atom. The van der Waals surface area contributed by atoms with E-state index in [9.17, 15) is 22.4 Å². The fraction of sp³-hybridized carbons (Fsp3) is 0.297. The second-order valence-corrected chi connectivity index (χ2v) is 14.0. The van der Waals surface area contributed by atoms with E-state index >= 15 is 0 Å². The van der Waals surface area contributed by atoms with Gasteiger partial charge in [-0.25, -0.2) is 12.8 Å². The van der Waals surface area contributed by atoms with Crippen LogP contribution in [0.5, 0.6) is 5.75 Å². The molecule has 1 unspecified atom stereocenters. The smallest absolute Gasteiger partial charge is 0.264 e. The van der Waals surface area contributed by atoms with E-state index in [1.807, 2.05) is 37.3 Å². The van der Waals surface area contributed by atoms with Crippen molar-refractivity contribution in [2.75, 3.05) is 17.5 Å². The van der Waals surface area contributed by atoms with Gasteiger partial charge in [0.25, 0.3) is 10.0 Å². The molecule has 0 bridgehead atoms. The molecule has 48 heavy (non-hydrogen) atoms. The van der Waals surface area contributed by atoms with Crippen molar-refractivity contribution in [1.29, 1.82) is 0 Å². The summed E-state index contributed by atoms with van der Waals surface area (Å²) in [6.45, 7) is 1.61. The average Bonchev–Trinajstić information content (AvgIpc) is 3.60. The number of nitrogens with one attached hydrogen (secondary N) is 1. The minimum atomic E-state index is -4.34. The highest BCUT2D eigenvalue weighted by Crippen LogP contribution is 2.27. The summed E-state index contributed by atoms with van der Waals surface area (Å²) in [7, 11) is -4.34. The van der Waals surface area contributed by atoms with Crippen LogP contribution in [0.3, 0.4) is 0 Å². The lowest BCUT2D eigenvalue weighted by Crippen LogP contribution is -2.54. The van der Waals surface area contributed by atoms with Gasteiger partial charge in [0.1, 0.15) is 24.2 Å². The van der Waals surface area contributed by atoms with Crippen molar-refractivity contribution in [2.24, 2.45) is 0 Å². The van der Waals surface area contributed by atoms with Crippen molar-refractivity contribution < 1.29 is 27.1 Å². The minimum Gasteiger partial charge on any atom is -0.494 e. The number of sulfonamides is 1. The second kappa shape index (κ2) is 16.1. The molecule has 252 valence electrons. The molecular formula is C37H39ClFN3O5S.